The molecule has 0 atom stereocenters. The van der Waals surface area contributed by atoms with E-state index in [1.165, 1.54) is 87.6 Å². The van der Waals surface area contributed by atoms with Crippen LogP contribution in [0.2, 0.25) is 0 Å². The summed E-state index contributed by atoms with van der Waals surface area (Å²) < 4.78 is 2.48. The molecule has 0 radical (unpaired) electrons. The highest BCUT2D eigenvalue weighted by molar-refractivity contribution is 6.28. The van der Waals surface area contributed by atoms with Crippen LogP contribution in [0.1, 0.15) is 30.5 Å². The lowest BCUT2D eigenvalue weighted by Crippen LogP contribution is -2.15. The van der Waals surface area contributed by atoms with Crippen molar-refractivity contribution in [2.45, 2.75) is 26.2 Å². The van der Waals surface area contributed by atoms with E-state index in [9.17, 15) is 0 Å². The number of aromatic nitrogens is 1. The molecule has 9 aromatic carbocycles. The van der Waals surface area contributed by atoms with Crippen LogP contribution in [-0.4, -0.2) is 4.57 Å². The number of anilines is 3. The third kappa shape index (κ3) is 4.34. The van der Waals surface area contributed by atoms with Crippen molar-refractivity contribution in [3.05, 3.63) is 193 Å². The molecule has 1 aromatic heterocycles. The van der Waals surface area contributed by atoms with Crippen molar-refractivity contribution in [3.63, 3.8) is 0 Å². The number of para-hydroxylation sites is 1. The van der Waals surface area contributed by atoms with Crippen LogP contribution in [0.3, 0.4) is 0 Å². The summed E-state index contributed by atoms with van der Waals surface area (Å²) in [6, 6.07) is 65.4. The molecule has 0 bridgehead atoms. The topological polar surface area (TPSA) is 8.17 Å². The van der Waals surface area contributed by atoms with Crippen LogP contribution in [0.5, 0.6) is 0 Å². The number of aryl methyl sites for hydroxylation is 1. The van der Waals surface area contributed by atoms with Gasteiger partial charge >= 0.3 is 0 Å². The summed E-state index contributed by atoms with van der Waals surface area (Å²) in [6.45, 7) is 6.89. The highest BCUT2D eigenvalue weighted by Gasteiger charge is 2.35. The predicted molar refractivity (Wildman–Crippen MR) is 230 cm³/mol. The summed E-state index contributed by atoms with van der Waals surface area (Å²) in [6.07, 6.45) is 0. The van der Waals surface area contributed by atoms with Crippen molar-refractivity contribution >= 4 is 71.2 Å². The second-order valence-electron chi connectivity index (χ2n) is 15.4. The number of benzene rings is 9. The summed E-state index contributed by atoms with van der Waals surface area (Å²) >= 11 is 0. The Balaban J connectivity index is 1.20. The van der Waals surface area contributed by atoms with Crippen LogP contribution >= 0.6 is 0 Å². The molecule has 10 aromatic rings. The van der Waals surface area contributed by atoms with Gasteiger partial charge < -0.3 is 9.47 Å². The summed E-state index contributed by atoms with van der Waals surface area (Å²) in [4.78, 5) is 2.47. The molecule has 11 rings (SSSR count). The zero-order valence-electron chi connectivity index (χ0n) is 30.6. The Bertz CT molecular complexity index is 3100. The summed E-state index contributed by atoms with van der Waals surface area (Å²) in [7, 11) is 0. The lowest BCUT2D eigenvalue weighted by Gasteiger charge is -2.28. The SMILES string of the molecule is Cc1ccc(N(c2ccc3c4ccccc4n(-c4ccc5c(c4)C(C)(C)c4ccccc4-5)c3c2)c2cccc3c4ccccc4c4ccccc4c23)cc1. The normalized spacial score (nSPS) is 13.2. The number of hydrogen-bond donors (Lipinski definition) is 0. The Morgan fingerprint density at radius 2 is 1.00 bits per heavy atom. The van der Waals surface area contributed by atoms with Gasteiger partial charge in [0, 0.05) is 38.6 Å². The minimum Gasteiger partial charge on any atom is -0.310 e. The zero-order chi connectivity index (χ0) is 36.1. The van der Waals surface area contributed by atoms with E-state index in [-0.39, 0.29) is 5.41 Å². The third-order valence-electron chi connectivity index (χ3n) is 12.0. The minimum absolute atomic E-state index is 0.0879. The molecule has 0 saturated heterocycles. The standard InChI is InChI=1S/C52H38N2/c1-33-23-25-34(26-24-33)53(49-22-12-19-45-39-14-5-4-13-37(39)38-15-6-7-18-44(38)51(45)49)36-28-30-43-42-17-9-11-21-48(42)54(50(43)32-36)35-27-29-41-40-16-8-10-20-46(40)52(2,3)47(41)31-35/h4-32H,1-3H3. The summed E-state index contributed by atoms with van der Waals surface area (Å²) in [5.74, 6) is 0. The Morgan fingerprint density at radius 3 is 1.76 bits per heavy atom. The van der Waals surface area contributed by atoms with Gasteiger partial charge in [-0.2, -0.15) is 0 Å². The maximum absolute atomic E-state index is 2.48. The molecule has 0 saturated carbocycles. The van der Waals surface area contributed by atoms with Gasteiger partial charge in [0.15, 0.2) is 0 Å². The van der Waals surface area contributed by atoms with Crippen molar-refractivity contribution < 1.29 is 0 Å². The van der Waals surface area contributed by atoms with Crippen molar-refractivity contribution in [1.29, 1.82) is 0 Å². The second kappa shape index (κ2) is 11.4. The molecule has 54 heavy (non-hydrogen) atoms. The van der Waals surface area contributed by atoms with E-state index in [1.54, 1.807) is 0 Å². The van der Waals surface area contributed by atoms with Crippen molar-refractivity contribution in [2.75, 3.05) is 4.90 Å². The molecule has 2 nitrogen and oxygen atoms in total. The molecule has 256 valence electrons. The first kappa shape index (κ1) is 30.9. The molecule has 0 unspecified atom stereocenters. The average Bonchev–Trinajstić information content (AvgIpc) is 3.66. The molecular weight excluding hydrogens is 653 g/mol. The maximum Gasteiger partial charge on any atom is 0.0561 e. The Kier molecular flexibility index (Phi) is 6.55. The fourth-order valence-electron chi connectivity index (χ4n) is 9.45. The van der Waals surface area contributed by atoms with Crippen LogP contribution in [0, 0.1) is 6.92 Å². The van der Waals surface area contributed by atoms with E-state index in [4.69, 9.17) is 0 Å². The van der Waals surface area contributed by atoms with Gasteiger partial charge in [0.25, 0.3) is 0 Å². The number of hydrogen-bond acceptors (Lipinski definition) is 1. The Hall–Kier alpha value is -6.64. The number of rotatable bonds is 4. The lowest BCUT2D eigenvalue weighted by atomic mass is 9.82. The predicted octanol–water partition coefficient (Wildman–Crippen LogP) is 14.3. The van der Waals surface area contributed by atoms with Crippen LogP contribution in [-0.2, 0) is 5.41 Å². The number of nitrogens with zero attached hydrogens (tertiary/aromatic N) is 2. The van der Waals surface area contributed by atoms with Crippen LogP contribution in [0.25, 0.3) is 70.9 Å². The van der Waals surface area contributed by atoms with Gasteiger partial charge in [0.1, 0.15) is 0 Å². The van der Waals surface area contributed by atoms with Crippen LogP contribution in [0.15, 0.2) is 176 Å². The first-order chi connectivity index (χ1) is 26.5. The van der Waals surface area contributed by atoms with E-state index in [0.29, 0.717) is 0 Å². The first-order valence-corrected chi connectivity index (χ1v) is 18.9. The average molecular weight is 691 g/mol. The molecule has 0 fully saturated rings. The molecule has 0 amide bonds. The van der Waals surface area contributed by atoms with Gasteiger partial charge in [-0.1, -0.05) is 147 Å². The summed E-state index contributed by atoms with van der Waals surface area (Å²) in [5, 5.41) is 10.1. The van der Waals surface area contributed by atoms with Gasteiger partial charge in [-0.15, -0.1) is 0 Å². The van der Waals surface area contributed by atoms with E-state index < -0.39 is 0 Å². The van der Waals surface area contributed by atoms with Crippen molar-refractivity contribution in [3.8, 4) is 16.8 Å². The van der Waals surface area contributed by atoms with Gasteiger partial charge in [-0.3, -0.25) is 0 Å². The lowest BCUT2D eigenvalue weighted by molar-refractivity contribution is 0.660. The van der Waals surface area contributed by atoms with E-state index >= 15 is 0 Å². The van der Waals surface area contributed by atoms with E-state index in [0.717, 1.165) is 17.1 Å². The molecule has 1 aliphatic rings. The van der Waals surface area contributed by atoms with Gasteiger partial charge in [-0.05, 0) is 105 Å². The van der Waals surface area contributed by atoms with Crippen molar-refractivity contribution in [2.24, 2.45) is 0 Å². The highest BCUT2D eigenvalue weighted by atomic mass is 15.1. The molecule has 2 heteroatoms. The molecular formula is C52H38N2. The largest absolute Gasteiger partial charge is 0.310 e. The molecule has 0 N–H and O–H groups in total. The molecule has 1 aliphatic carbocycles. The summed E-state index contributed by atoms with van der Waals surface area (Å²) in [5.41, 5.74) is 13.6. The molecule has 0 aliphatic heterocycles. The monoisotopic (exact) mass is 690 g/mol. The van der Waals surface area contributed by atoms with Gasteiger partial charge in [0.05, 0.1) is 16.7 Å². The Labute approximate surface area is 315 Å². The zero-order valence-corrected chi connectivity index (χ0v) is 30.6. The Morgan fingerprint density at radius 1 is 0.426 bits per heavy atom. The molecule has 0 spiro atoms. The smallest absolute Gasteiger partial charge is 0.0561 e. The molecule has 1 heterocycles. The van der Waals surface area contributed by atoms with Gasteiger partial charge in [-0.25, -0.2) is 0 Å². The fourth-order valence-corrected chi connectivity index (χ4v) is 9.45. The maximum atomic E-state index is 2.48. The second-order valence-corrected chi connectivity index (χ2v) is 15.4. The van der Waals surface area contributed by atoms with Crippen molar-refractivity contribution in [1.82, 2.24) is 4.57 Å². The fraction of sp³-hybridized carbons (Fsp3) is 0.0769. The highest BCUT2D eigenvalue weighted by Crippen LogP contribution is 2.50. The number of fused-ring (bicyclic) bond motifs is 12. The van der Waals surface area contributed by atoms with E-state index in [1.807, 2.05) is 0 Å². The quantitative estimate of drug-likeness (QED) is 0.167. The van der Waals surface area contributed by atoms with Gasteiger partial charge in [0.2, 0.25) is 0 Å². The first-order valence-electron chi connectivity index (χ1n) is 18.9. The minimum atomic E-state index is -0.0879. The third-order valence-corrected chi connectivity index (χ3v) is 12.0. The van der Waals surface area contributed by atoms with E-state index in [2.05, 4.69) is 206 Å². The van der Waals surface area contributed by atoms with Crippen LogP contribution < -0.4 is 4.90 Å². The van der Waals surface area contributed by atoms with Crippen LogP contribution in [0.4, 0.5) is 17.1 Å².